The molecule has 9 nitrogen and oxygen atoms in total. The summed E-state index contributed by atoms with van der Waals surface area (Å²) in [6.07, 6.45) is -0.971. The quantitative estimate of drug-likeness (QED) is 0.210. The third kappa shape index (κ3) is 5.78. The van der Waals surface area contributed by atoms with Gasteiger partial charge < -0.3 is 14.2 Å². The molecular formula is C21H19N3O6S. The SMILES string of the molecule is CC(=O)OC1S[C@H](COC(=O)c2ccccc2)[C@@H](OC(=O)c2ccccc2)[C@@H]1N=[N+]=[N-]. The van der Waals surface area contributed by atoms with Crippen molar-refractivity contribution in [1.82, 2.24) is 0 Å². The molecule has 10 heteroatoms. The lowest BCUT2D eigenvalue weighted by molar-refractivity contribution is -0.143. The Kier molecular flexibility index (Phi) is 7.53. The highest BCUT2D eigenvalue weighted by atomic mass is 32.2. The van der Waals surface area contributed by atoms with E-state index in [1.807, 2.05) is 0 Å². The van der Waals surface area contributed by atoms with Gasteiger partial charge in [-0.2, -0.15) is 0 Å². The molecule has 1 fully saturated rings. The van der Waals surface area contributed by atoms with Crippen LogP contribution < -0.4 is 0 Å². The van der Waals surface area contributed by atoms with Crippen LogP contribution >= 0.6 is 11.8 Å². The largest absolute Gasteiger partial charge is 0.461 e. The van der Waals surface area contributed by atoms with Gasteiger partial charge in [-0.05, 0) is 29.8 Å². The van der Waals surface area contributed by atoms with E-state index in [0.717, 1.165) is 11.8 Å². The zero-order valence-corrected chi connectivity index (χ0v) is 17.3. The summed E-state index contributed by atoms with van der Waals surface area (Å²) in [5.74, 6) is -1.76. The van der Waals surface area contributed by atoms with Crippen molar-refractivity contribution in [3.05, 3.63) is 82.2 Å². The Bertz CT molecular complexity index is 981. The number of thioether (sulfide) groups is 1. The van der Waals surface area contributed by atoms with Gasteiger partial charge in [0.2, 0.25) is 0 Å². The number of hydrogen-bond donors (Lipinski definition) is 0. The van der Waals surface area contributed by atoms with Gasteiger partial charge in [-0.15, -0.1) is 11.8 Å². The minimum atomic E-state index is -0.980. The van der Waals surface area contributed by atoms with Crippen LogP contribution in [0.25, 0.3) is 10.4 Å². The summed E-state index contributed by atoms with van der Waals surface area (Å²) in [5, 5.41) is 3.08. The highest BCUT2D eigenvalue weighted by molar-refractivity contribution is 8.00. The lowest BCUT2D eigenvalue weighted by Crippen LogP contribution is -2.38. The Hall–Kier alpha value is -3.49. The first-order valence-corrected chi connectivity index (χ1v) is 10.3. The minimum absolute atomic E-state index is 0.139. The highest BCUT2D eigenvalue weighted by Gasteiger charge is 2.48. The molecule has 1 unspecified atom stereocenters. The van der Waals surface area contributed by atoms with Crippen molar-refractivity contribution in [2.75, 3.05) is 6.61 Å². The average molecular weight is 441 g/mol. The minimum Gasteiger partial charge on any atom is -0.461 e. The molecule has 0 bridgehead atoms. The molecule has 1 saturated heterocycles. The van der Waals surface area contributed by atoms with Crippen molar-refractivity contribution in [2.24, 2.45) is 5.11 Å². The molecule has 0 saturated carbocycles. The highest BCUT2D eigenvalue weighted by Crippen LogP contribution is 2.39. The van der Waals surface area contributed by atoms with Crippen LogP contribution in [-0.4, -0.2) is 47.3 Å². The van der Waals surface area contributed by atoms with E-state index in [1.54, 1.807) is 60.7 Å². The lowest BCUT2D eigenvalue weighted by Gasteiger charge is -2.22. The van der Waals surface area contributed by atoms with E-state index in [4.69, 9.17) is 19.7 Å². The Balaban J connectivity index is 1.79. The van der Waals surface area contributed by atoms with Crippen LogP contribution in [0.15, 0.2) is 65.8 Å². The van der Waals surface area contributed by atoms with E-state index < -0.39 is 40.7 Å². The Morgan fingerprint density at radius 2 is 1.55 bits per heavy atom. The van der Waals surface area contributed by atoms with Crippen molar-refractivity contribution in [3.63, 3.8) is 0 Å². The number of hydrogen-bond acceptors (Lipinski definition) is 8. The van der Waals surface area contributed by atoms with Crippen LogP contribution in [0.1, 0.15) is 27.6 Å². The first kappa shape index (κ1) is 22.2. The predicted molar refractivity (Wildman–Crippen MR) is 112 cm³/mol. The van der Waals surface area contributed by atoms with Gasteiger partial charge in [0.05, 0.1) is 16.4 Å². The van der Waals surface area contributed by atoms with Crippen LogP contribution in [0.5, 0.6) is 0 Å². The Labute approximate surface area is 182 Å². The molecule has 2 aromatic carbocycles. The second kappa shape index (κ2) is 10.5. The fraction of sp³-hybridized carbons (Fsp3) is 0.286. The number of nitrogens with zero attached hydrogens (tertiary/aromatic N) is 3. The lowest BCUT2D eigenvalue weighted by atomic mass is 10.1. The topological polar surface area (TPSA) is 128 Å². The summed E-state index contributed by atoms with van der Waals surface area (Å²) in [5.41, 5.74) is 8.77. The van der Waals surface area contributed by atoms with Crippen LogP contribution in [0.4, 0.5) is 0 Å². The van der Waals surface area contributed by atoms with E-state index in [2.05, 4.69) is 10.0 Å². The van der Waals surface area contributed by atoms with Gasteiger partial charge >= 0.3 is 17.9 Å². The molecule has 160 valence electrons. The van der Waals surface area contributed by atoms with Gasteiger partial charge in [-0.3, -0.25) is 4.79 Å². The maximum atomic E-state index is 12.6. The number of ether oxygens (including phenoxy) is 3. The third-order valence-corrected chi connectivity index (χ3v) is 5.80. The predicted octanol–water partition coefficient (Wildman–Crippen LogP) is 3.75. The number of rotatable bonds is 7. The van der Waals surface area contributed by atoms with E-state index in [9.17, 15) is 14.4 Å². The number of benzene rings is 2. The van der Waals surface area contributed by atoms with Gasteiger partial charge in [0.15, 0.2) is 5.44 Å². The molecule has 0 aromatic heterocycles. The maximum absolute atomic E-state index is 12.6. The van der Waals surface area contributed by atoms with Crippen LogP contribution in [0.3, 0.4) is 0 Å². The zero-order chi connectivity index (χ0) is 22.2. The number of carbonyl (C=O) groups excluding carboxylic acids is 3. The Morgan fingerprint density at radius 1 is 0.968 bits per heavy atom. The fourth-order valence-electron chi connectivity index (χ4n) is 3.01. The van der Waals surface area contributed by atoms with Crippen LogP contribution in [0, 0.1) is 0 Å². The summed E-state index contributed by atoms with van der Waals surface area (Å²) < 4.78 is 16.2. The van der Waals surface area contributed by atoms with Gasteiger partial charge in [0, 0.05) is 11.8 Å². The maximum Gasteiger partial charge on any atom is 0.338 e. The molecule has 1 aliphatic heterocycles. The third-order valence-electron chi connectivity index (χ3n) is 4.40. The summed E-state index contributed by atoms with van der Waals surface area (Å²) in [6.45, 7) is 1.09. The average Bonchev–Trinajstić information content (AvgIpc) is 3.08. The molecule has 31 heavy (non-hydrogen) atoms. The van der Waals surface area contributed by atoms with Gasteiger partial charge in [0.25, 0.3) is 0 Å². The van der Waals surface area contributed by atoms with Crippen molar-refractivity contribution in [1.29, 1.82) is 0 Å². The van der Waals surface area contributed by atoms with Gasteiger partial charge in [0.1, 0.15) is 18.8 Å². The number of carbonyl (C=O) groups is 3. The zero-order valence-electron chi connectivity index (χ0n) is 16.5. The Morgan fingerprint density at radius 3 is 2.10 bits per heavy atom. The smallest absolute Gasteiger partial charge is 0.338 e. The first-order chi connectivity index (χ1) is 15.0. The molecule has 0 aliphatic carbocycles. The number of esters is 3. The fourth-order valence-corrected chi connectivity index (χ4v) is 4.43. The number of azide groups is 1. The standard InChI is InChI=1S/C21H19N3O6S/c1-13(25)29-21-17(23-24-22)18(30-20(27)15-10-6-3-7-11-15)16(31-21)12-28-19(26)14-8-4-2-5-9-14/h2-11,16-18,21H,12H2,1H3/t16-,17+,18-,21?/m1/s1. The first-order valence-electron chi connectivity index (χ1n) is 9.34. The molecule has 0 amide bonds. The molecule has 0 spiro atoms. The summed E-state index contributed by atoms with van der Waals surface area (Å²) in [6, 6.07) is 15.7. The van der Waals surface area contributed by atoms with Gasteiger partial charge in [-0.1, -0.05) is 41.5 Å². The second-order valence-electron chi connectivity index (χ2n) is 6.55. The van der Waals surface area contributed by atoms with E-state index in [0.29, 0.717) is 11.1 Å². The van der Waals surface area contributed by atoms with Crippen LogP contribution in [-0.2, 0) is 19.0 Å². The van der Waals surface area contributed by atoms with E-state index in [-0.39, 0.29) is 6.61 Å². The molecule has 3 rings (SSSR count). The molecule has 0 radical (unpaired) electrons. The summed E-state index contributed by atoms with van der Waals surface area (Å²) >= 11 is 1.11. The molecule has 1 heterocycles. The van der Waals surface area contributed by atoms with Gasteiger partial charge in [-0.25, -0.2) is 9.59 Å². The second-order valence-corrected chi connectivity index (χ2v) is 7.89. The molecular weight excluding hydrogens is 422 g/mol. The molecule has 4 atom stereocenters. The van der Waals surface area contributed by atoms with E-state index >= 15 is 0 Å². The van der Waals surface area contributed by atoms with Crippen LogP contribution in [0.2, 0.25) is 0 Å². The van der Waals surface area contributed by atoms with Crippen molar-refractivity contribution in [2.45, 2.75) is 29.8 Å². The van der Waals surface area contributed by atoms with Crippen molar-refractivity contribution < 1.29 is 28.6 Å². The molecule has 2 aromatic rings. The monoisotopic (exact) mass is 441 g/mol. The molecule has 1 aliphatic rings. The summed E-state index contributed by atoms with van der Waals surface area (Å²) in [4.78, 5) is 39.2. The molecule has 0 N–H and O–H groups in total. The van der Waals surface area contributed by atoms with E-state index in [1.165, 1.54) is 6.92 Å². The normalized spacial score (nSPS) is 22.1. The van der Waals surface area contributed by atoms with Crippen molar-refractivity contribution >= 4 is 29.7 Å². The van der Waals surface area contributed by atoms with Crippen molar-refractivity contribution in [3.8, 4) is 0 Å². The summed E-state index contributed by atoms with van der Waals surface area (Å²) in [7, 11) is 0.